The standard InChI is InChI=1S/C3H6O3S.CHF3.Cu/c1-2-3-7(4,5)6;2-1(3)4;/h2H,1,3H2,(H,4,5,6);1H;. The molecule has 0 rings (SSSR count). The second-order valence-electron chi connectivity index (χ2n) is 1.28. The quantitative estimate of drug-likeness (QED) is 0.459. The predicted octanol–water partition coefficient (Wildman–Crippen LogP) is 1.24. The van der Waals surface area contributed by atoms with E-state index < -0.39 is 16.8 Å². The van der Waals surface area contributed by atoms with Crippen LogP contribution in [0.15, 0.2) is 12.7 Å². The maximum atomic E-state index is 9.72. The smallest absolute Gasteiger partial charge is 0.285 e. The van der Waals surface area contributed by atoms with E-state index in [1.165, 1.54) is 0 Å². The van der Waals surface area contributed by atoms with Gasteiger partial charge < -0.3 is 0 Å². The van der Waals surface area contributed by atoms with Crippen LogP contribution in [0.3, 0.4) is 0 Å². The molecule has 0 saturated carbocycles. The van der Waals surface area contributed by atoms with Crippen molar-refractivity contribution in [1.82, 2.24) is 0 Å². The molecule has 3 nitrogen and oxygen atoms in total. The van der Waals surface area contributed by atoms with E-state index in [0.29, 0.717) is 0 Å². The van der Waals surface area contributed by atoms with Crippen molar-refractivity contribution in [3.05, 3.63) is 12.7 Å². The Bertz CT molecular complexity index is 189. The second-order valence-corrected chi connectivity index (χ2v) is 2.78. The van der Waals surface area contributed by atoms with E-state index in [-0.39, 0.29) is 22.8 Å². The average Bonchev–Trinajstić information content (AvgIpc) is 1.58. The number of hydrogen-bond donors (Lipinski definition) is 1. The van der Waals surface area contributed by atoms with Gasteiger partial charge in [-0.1, -0.05) is 6.08 Å². The van der Waals surface area contributed by atoms with E-state index in [4.69, 9.17) is 4.55 Å². The van der Waals surface area contributed by atoms with E-state index in [9.17, 15) is 21.6 Å². The van der Waals surface area contributed by atoms with E-state index in [1.807, 2.05) is 0 Å². The summed E-state index contributed by atoms with van der Waals surface area (Å²) in [5, 5.41) is 0. The summed E-state index contributed by atoms with van der Waals surface area (Å²) in [6.07, 6.45) is 1.12. The molecule has 12 heavy (non-hydrogen) atoms. The van der Waals surface area contributed by atoms with E-state index in [1.54, 1.807) is 0 Å². The molecule has 0 amide bonds. The van der Waals surface area contributed by atoms with Gasteiger partial charge in [0.15, 0.2) is 0 Å². The van der Waals surface area contributed by atoms with Crippen molar-refractivity contribution in [3.8, 4) is 0 Å². The molecule has 0 fully saturated rings. The Morgan fingerprint density at radius 2 is 1.67 bits per heavy atom. The molecular weight excluding hydrogens is 249 g/mol. The summed E-state index contributed by atoms with van der Waals surface area (Å²) in [6, 6.07) is 0. The Labute approximate surface area is 78.9 Å². The van der Waals surface area contributed by atoms with Gasteiger partial charge in [-0.3, -0.25) is 4.55 Å². The third-order valence-electron chi connectivity index (χ3n) is 0.328. The second kappa shape index (κ2) is 9.05. The first-order valence-electron chi connectivity index (χ1n) is 2.28. The summed E-state index contributed by atoms with van der Waals surface area (Å²) < 4.78 is 56.3. The molecule has 0 spiro atoms. The fourth-order valence-electron chi connectivity index (χ4n) is 0.149. The maximum absolute atomic E-state index is 9.72. The topological polar surface area (TPSA) is 54.4 Å². The molecule has 0 aliphatic heterocycles. The molecule has 0 aromatic carbocycles. The molecule has 0 bridgehead atoms. The van der Waals surface area contributed by atoms with E-state index in [0.717, 1.165) is 6.08 Å². The number of rotatable bonds is 2. The van der Waals surface area contributed by atoms with Crippen molar-refractivity contribution in [2.24, 2.45) is 0 Å². The van der Waals surface area contributed by atoms with Crippen LogP contribution < -0.4 is 0 Å². The average molecular weight is 256 g/mol. The zero-order valence-corrected chi connectivity index (χ0v) is 7.43. The van der Waals surface area contributed by atoms with Gasteiger partial charge in [-0.25, -0.2) is 0 Å². The normalized spacial score (nSPS) is 9.42. The third-order valence-corrected chi connectivity index (χ3v) is 0.985. The number of hydrogen-bond acceptors (Lipinski definition) is 2. The van der Waals surface area contributed by atoms with Crippen LogP contribution in [0.25, 0.3) is 0 Å². The Morgan fingerprint density at radius 1 is 1.42 bits per heavy atom. The van der Waals surface area contributed by atoms with Crippen LogP contribution in [0.2, 0.25) is 0 Å². The molecule has 0 unspecified atom stereocenters. The van der Waals surface area contributed by atoms with Gasteiger partial charge in [0.05, 0.1) is 5.75 Å². The van der Waals surface area contributed by atoms with Gasteiger partial charge in [-0.15, -0.1) is 6.58 Å². The molecule has 1 N–H and O–H groups in total. The van der Waals surface area contributed by atoms with Crippen molar-refractivity contribution in [2.45, 2.75) is 6.68 Å². The Morgan fingerprint density at radius 3 is 1.67 bits per heavy atom. The molecule has 0 aliphatic rings. The summed E-state index contributed by atoms with van der Waals surface area (Å²) in [4.78, 5) is 0. The van der Waals surface area contributed by atoms with Gasteiger partial charge in [-0.05, 0) is 0 Å². The first-order valence-corrected chi connectivity index (χ1v) is 3.88. The largest absolute Gasteiger partial charge is 0.379 e. The Balaban J connectivity index is -0.000000142. The molecule has 1 radical (unpaired) electrons. The van der Waals surface area contributed by atoms with Crippen LogP contribution in [-0.2, 0) is 27.2 Å². The molecule has 0 heterocycles. The molecular formula is C4H7CuF3O3S. The summed E-state index contributed by atoms with van der Waals surface area (Å²) in [5.41, 5.74) is 0. The molecule has 0 aromatic heterocycles. The van der Waals surface area contributed by atoms with Crippen LogP contribution in [0, 0.1) is 0 Å². The predicted molar refractivity (Wildman–Crippen MR) is 33.7 cm³/mol. The zero-order valence-electron chi connectivity index (χ0n) is 5.68. The van der Waals surface area contributed by atoms with Crippen molar-refractivity contribution < 1.29 is 43.2 Å². The van der Waals surface area contributed by atoms with Gasteiger partial charge in [-0.2, -0.15) is 21.6 Å². The first kappa shape index (κ1) is 17.9. The minimum absolute atomic E-state index is 0. The summed E-state index contributed by atoms with van der Waals surface area (Å²) in [7, 11) is -3.79. The third kappa shape index (κ3) is 51.0. The van der Waals surface area contributed by atoms with Crippen molar-refractivity contribution in [1.29, 1.82) is 0 Å². The van der Waals surface area contributed by atoms with Crippen molar-refractivity contribution >= 4 is 10.1 Å². The molecule has 0 aromatic rings. The van der Waals surface area contributed by atoms with Crippen LogP contribution in [0.1, 0.15) is 0 Å². The summed E-state index contributed by atoms with van der Waals surface area (Å²) in [6.45, 7) is -0.560. The van der Waals surface area contributed by atoms with Crippen molar-refractivity contribution in [2.75, 3.05) is 5.75 Å². The van der Waals surface area contributed by atoms with Crippen LogP contribution >= 0.6 is 0 Å². The maximum Gasteiger partial charge on any atom is 0.379 e. The minimum Gasteiger partial charge on any atom is -0.285 e. The Hall–Kier alpha value is -0.0405. The van der Waals surface area contributed by atoms with Crippen LogP contribution in [0.5, 0.6) is 0 Å². The van der Waals surface area contributed by atoms with Crippen LogP contribution in [0.4, 0.5) is 13.2 Å². The van der Waals surface area contributed by atoms with Gasteiger partial charge in [0.1, 0.15) is 0 Å². The number of alkyl halides is 3. The number of halogens is 3. The summed E-state index contributed by atoms with van der Waals surface area (Å²) in [5.74, 6) is -0.368. The van der Waals surface area contributed by atoms with Gasteiger partial charge in [0.2, 0.25) is 0 Å². The molecule has 0 aliphatic carbocycles. The molecule has 8 heteroatoms. The fourth-order valence-corrected chi connectivity index (χ4v) is 0.447. The first-order chi connectivity index (χ1) is 4.79. The Kier molecular flexibility index (Phi) is 13.5. The van der Waals surface area contributed by atoms with Gasteiger partial charge in [0.25, 0.3) is 10.1 Å². The van der Waals surface area contributed by atoms with E-state index in [2.05, 4.69) is 6.58 Å². The molecule has 0 saturated heterocycles. The van der Waals surface area contributed by atoms with Crippen LogP contribution in [-0.4, -0.2) is 25.4 Å². The van der Waals surface area contributed by atoms with Crippen molar-refractivity contribution in [3.63, 3.8) is 0 Å². The summed E-state index contributed by atoms with van der Waals surface area (Å²) >= 11 is 0. The SMILES string of the molecule is C=CCS(=O)(=O)O.FC(F)F.[Cu]. The van der Waals surface area contributed by atoms with Gasteiger partial charge >= 0.3 is 6.68 Å². The molecule has 0 atom stereocenters. The minimum atomic E-state index is -3.79. The van der Waals surface area contributed by atoms with Gasteiger partial charge in [0, 0.05) is 17.1 Å². The van der Waals surface area contributed by atoms with E-state index >= 15 is 0 Å². The fraction of sp³-hybridized carbons (Fsp3) is 0.500. The monoisotopic (exact) mass is 255 g/mol. The molecule has 79 valence electrons. The zero-order chi connectivity index (χ0) is 9.49.